The van der Waals surface area contributed by atoms with Gasteiger partial charge < -0.3 is 4.74 Å². The van der Waals surface area contributed by atoms with E-state index in [0.717, 1.165) is 11.1 Å². The molecule has 2 amide bonds. The fourth-order valence-electron chi connectivity index (χ4n) is 3.26. The standard InChI is InChI=1S/C25H19ClN2O3S/c1-16-9-11-20(12-10-16)28-24(30)21(23(29)27-25(28)32)14-18-6-2-3-8-22(18)31-15-17-5-4-7-19(26)13-17/h2-14H,15H2,1H3,(H,27,29,32)/b21-14+. The summed E-state index contributed by atoms with van der Waals surface area (Å²) in [5.74, 6) is -0.504. The molecule has 1 aliphatic heterocycles. The number of nitrogens with one attached hydrogen (secondary N) is 1. The van der Waals surface area contributed by atoms with Crippen LogP contribution in [0.1, 0.15) is 16.7 Å². The summed E-state index contributed by atoms with van der Waals surface area (Å²) >= 11 is 11.3. The first kappa shape index (κ1) is 21.7. The lowest BCUT2D eigenvalue weighted by molar-refractivity contribution is -0.122. The molecule has 1 N–H and O–H groups in total. The first-order chi connectivity index (χ1) is 15.4. The number of ether oxygens (including phenoxy) is 1. The van der Waals surface area contributed by atoms with Gasteiger partial charge in [-0.15, -0.1) is 0 Å². The molecule has 32 heavy (non-hydrogen) atoms. The van der Waals surface area contributed by atoms with Crippen LogP contribution in [0.25, 0.3) is 6.08 Å². The van der Waals surface area contributed by atoms with E-state index in [1.54, 1.807) is 30.3 Å². The molecule has 0 spiro atoms. The zero-order valence-electron chi connectivity index (χ0n) is 17.2. The number of carbonyl (C=O) groups is 2. The van der Waals surface area contributed by atoms with E-state index >= 15 is 0 Å². The molecule has 1 fully saturated rings. The molecule has 1 aliphatic rings. The zero-order valence-corrected chi connectivity index (χ0v) is 18.7. The minimum absolute atomic E-state index is 0.0296. The van der Waals surface area contributed by atoms with Crippen molar-refractivity contribution in [3.63, 3.8) is 0 Å². The third-order valence-corrected chi connectivity index (χ3v) is 5.42. The molecule has 1 heterocycles. The number of amides is 2. The predicted octanol–water partition coefficient (Wildman–Crippen LogP) is 5.06. The topological polar surface area (TPSA) is 58.6 Å². The van der Waals surface area contributed by atoms with Gasteiger partial charge in [-0.2, -0.15) is 0 Å². The Bertz CT molecular complexity index is 1240. The predicted molar refractivity (Wildman–Crippen MR) is 130 cm³/mol. The van der Waals surface area contributed by atoms with E-state index in [1.807, 2.05) is 49.4 Å². The molecular weight excluding hydrogens is 444 g/mol. The number of hydrogen-bond donors (Lipinski definition) is 1. The van der Waals surface area contributed by atoms with Crippen molar-refractivity contribution >= 4 is 52.5 Å². The van der Waals surface area contributed by atoms with E-state index in [9.17, 15) is 9.59 Å². The van der Waals surface area contributed by atoms with Crippen LogP contribution in [-0.2, 0) is 16.2 Å². The van der Waals surface area contributed by atoms with Gasteiger partial charge in [-0.05, 0) is 61.1 Å². The van der Waals surface area contributed by atoms with Crippen molar-refractivity contribution in [2.24, 2.45) is 0 Å². The van der Waals surface area contributed by atoms with Crippen LogP contribution in [0.3, 0.4) is 0 Å². The second-order valence-electron chi connectivity index (χ2n) is 7.25. The van der Waals surface area contributed by atoms with Crippen molar-refractivity contribution in [1.29, 1.82) is 0 Å². The molecule has 0 aliphatic carbocycles. The van der Waals surface area contributed by atoms with Crippen LogP contribution >= 0.6 is 23.8 Å². The van der Waals surface area contributed by atoms with Crippen LogP contribution in [0.15, 0.2) is 78.4 Å². The highest BCUT2D eigenvalue weighted by molar-refractivity contribution is 7.80. The van der Waals surface area contributed by atoms with Gasteiger partial charge in [-0.1, -0.05) is 59.6 Å². The highest BCUT2D eigenvalue weighted by Gasteiger charge is 2.34. The SMILES string of the molecule is Cc1ccc(N2C(=O)/C(=C/c3ccccc3OCc3cccc(Cl)c3)C(=O)NC2=S)cc1. The summed E-state index contributed by atoms with van der Waals surface area (Å²) in [5.41, 5.74) is 3.11. The van der Waals surface area contributed by atoms with Gasteiger partial charge >= 0.3 is 0 Å². The van der Waals surface area contributed by atoms with Crippen LogP contribution in [-0.4, -0.2) is 16.9 Å². The molecular formula is C25H19ClN2O3S. The van der Waals surface area contributed by atoms with E-state index < -0.39 is 11.8 Å². The average molecular weight is 463 g/mol. The molecule has 5 nitrogen and oxygen atoms in total. The molecule has 1 saturated heterocycles. The monoisotopic (exact) mass is 462 g/mol. The van der Waals surface area contributed by atoms with Gasteiger partial charge in [0.15, 0.2) is 5.11 Å². The lowest BCUT2D eigenvalue weighted by Crippen LogP contribution is -2.54. The summed E-state index contributed by atoms with van der Waals surface area (Å²) in [4.78, 5) is 27.1. The third kappa shape index (κ3) is 4.72. The third-order valence-electron chi connectivity index (χ3n) is 4.90. The Morgan fingerprint density at radius 1 is 1.03 bits per heavy atom. The normalized spacial score (nSPS) is 15.1. The van der Waals surface area contributed by atoms with E-state index in [1.165, 1.54) is 11.0 Å². The Morgan fingerprint density at radius 2 is 1.78 bits per heavy atom. The number of nitrogens with zero attached hydrogens (tertiary/aromatic N) is 1. The maximum atomic E-state index is 13.2. The van der Waals surface area contributed by atoms with E-state index in [4.69, 9.17) is 28.6 Å². The van der Waals surface area contributed by atoms with Gasteiger partial charge in [-0.25, -0.2) is 0 Å². The summed E-state index contributed by atoms with van der Waals surface area (Å²) in [6, 6.07) is 21.9. The summed E-state index contributed by atoms with van der Waals surface area (Å²) in [5, 5.41) is 3.27. The Kier molecular flexibility index (Phi) is 6.35. The second kappa shape index (κ2) is 9.34. The summed E-state index contributed by atoms with van der Waals surface area (Å²) in [6.07, 6.45) is 1.52. The number of hydrogen-bond acceptors (Lipinski definition) is 4. The fraction of sp³-hybridized carbons (Fsp3) is 0.0800. The first-order valence-electron chi connectivity index (χ1n) is 9.87. The van der Waals surface area contributed by atoms with Gasteiger partial charge in [0.25, 0.3) is 11.8 Å². The fourth-order valence-corrected chi connectivity index (χ4v) is 3.75. The summed E-state index contributed by atoms with van der Waals surface area (Å²) < 4.78 is 5.95. The van der Waals surface area contributed by atoms with Crippen LogP contribution < -0.4 is 15.0 Å². The number of anilines is 1. The van der Waals surface area contributed by atoms with E-state index in [-0.39, 0.29) is 10.7 Å². The number of thiocarbonyl (C=S) groups is 1. The second-order valence-corrected chi connectivity index (χ2v) is 8.07. The highest BCUT2D eigenvalue weighted by atomic mass is 35.5. The highest BCUT2D eigenvalue weighted by Crippen LogP contribution is 2.26. The number of para-hydroxylation sites is 1. The molecule has 0 saturated carbocycles. The van der Waals surface area contributed by atoms with Crippen LogP contribution in [0.4, 0.5) is 5.69 Å². The van der Waals surface area contributed by atoms with Crippen molar-refractivity contribution in [3.05, 3.63) is 100 Å². The van der Waals surface area contributed by atoms with Crippen LogP contribution in [0.5, 0.6) is 5.75 Å². The maximum Gasteiger partial charge on any atom is 0.270 e. The van der Waals surface area contributed by atoms with Gasteiger partial charge in [-0.3, -0.25) is 19.8 Å². The van der Waals surface area contributed by atoms with Crippen molar-refractivity contribution < 1.29 is 14.3 Å². The molecule has 0 aromatic heterocycles. The number of carbonyl (C=O) groups excluding carboxylic acids is 2. The van der Waals surface area contributed by atoms with Crippen molar-refractivity contribution in [2.45, 2.75) is 13.5 Å². The smallest absolute Gasteiger partial charge is 0.270 e. The van der Waals surface area contributed by atoms with Crippen molar-refractivity contribution in [2.75, 3.05) is 4.90 Å². The van der Waals surface area contributed by atoms with Gasteiger partial charge in [0, 0.05) is 10.6 Å². The Balaban J connectivity index is 1.63. The largest absolute Gasteiger partial charge is 0.488 e. The number of halogens is 1. The Labute approximate surface area is 196 Å². The average Bonchev–Trinajstić information content (AvgIpc) is 2.77. The van der Waals surface area contributed by atoms with Crippen molar-refractivity contribution in [3.8, 4) is 5.75 Å². The maximum absolute atomic E-state index is 13.2. The number of aryl methyl sites for hydroxylation is 1. The summed E-state index contributed by atoms with van der Waals surface area (Å²) in [7, 11) is 0. The van der Waals surface area contributed by atoms with Gasteiger partial charge in [0.05, 0.1) is 5.69 Å². The number of benzene rings is 3. The quantitative estimate of drug-likeness (QED) is 0.327. The Hall–Kier alpha value is -3.48. The van der Waals surface area contributed by atoms with Crippen LogP contribution in [0, 0.1) is 6.92 Å². The molecule has 160 valence electrons. The molecule has 0 atom stereocenters. The minimum Gasteiger partial charge on any atom is -0.488 e. The lowest BCUT2D eigenvalue weighted by Gasteiger charge is -2.29. The Morgan fingerprint density at radius 3 is 2.53 bits per heavy atom. The molecule has 3 aromatic carbocycles. The van der Waals surface area contributed by atoms with Gasteiger partial charge in [0.2, 0.25) is 0 Å². The van der Waals surface area contributed by atoms with Gasteiger partial charge in [0.1, 0.15) is 17.9 Å². The van der Waals surface area contributed by atoms with E-state index in [2.05, 4.69) is 5.32 Å². The van der Waals surface area contributed by atoms with Crippen LogP contribution in [0.2, 0.25) is 5.02 Å². The molecule has 0 radical (unpaired) electrons. The molecule has 0 bridgehead atoms. The lowest BCUT2D eigenvalue weighted by atomic mass is 10.1. The molecule has 4 rings (SSSR count). The number of rotatable bonds is 5. The zero-order chi connectivity index (χ0) is 22.7. The van der Waals surface area contributed by atoms with E-state index in [0.29, 0.717) is 28.6 Å². The molecule has 0 unspecified atom stereocenters. The molecule has 7 heteroatoms. The summed E-state index contributed by atoms with van der Waals surface area (Å²) in [6.45, 7) is 2.24. The minimum atomic E-state index is -0.548. The van der Waals surface area contributed by atoms with Crippen molar-refractivity contribution in [1.82, 2.24) is 5.32 Å². The molecule has 3 aromatic rings. The first-order valence-corrected chi connectivity index (χ1v) is 10.7.